The number of rotatable bonds is 5. The van der Waals surface area contributed by atoms with Crippen LogP contribution in [-0.2, 0) is 10.3 Å². The van der Waals surface area contributed by atoms with Gasteiger partial charge >= 0.3 is 6.03 Å². The largest absolute Gasteiger partial charge is 0.492 e. The van der Waals surface area contributed by atoms with Gasteiger partial charge in [0.05, 0.1) is 6.54 Å². The van der Waals surface area contributed by atoms with Crippen molar-refractivity contribution < 1.29 is 14.3 Å². The number of nitrogens with zero attached hydrogens (tertiary/aromatic N) is 1. The number of urea groups is 1. The molecule has 0 bridgehead atoms. The van der Waals surface area contributed by atoms with Gasteiger partial charge in [0.2, 0.25) is 0 Å². The van der Waals surface area contributed by atoms with Crippen LogP contribution in [0.3, 0.4) is 0 Å². The van der Waals surface area contributed by atoms with Gasteiger partial charge in [-0.3, -0.25) is 9.69 Å². The SMILES string of the molecule is Cc1cc(C)cc(OCCN2C(=O)NC(C)(c3ccc(Cl)cc3)C2=O)c1. The first-order valence-electron chi connectivity index (χ1n) is 8.41. The molecule has 2 aromatic rings. The van der Waals surface area contributed by atoms with E-state index in [9.17, 15) is 9.59 Å². The monoisotopic (exact) mass is 372 g/mol. The lowest BCUT2D eigenvalue weighted by Gasteiger charge is -2.22. The fourth-order valence-corrected chi connectivity index (χ4v) is 3.28. The first-order valence-corrected chi connectivity index (χ1v) is 8.78. The van der Waals surface area contributed by atoms with Crippen molar-refractivity contribution in [2.24, 2.45) is 0 Å². The van der Waals surface area contributed by atoms with Gasteiger partial charge < -0.3 is 10.1 Å². The van der Waals surface area contributed by atoms with Crippen molar-refractivity contribution in [2.45, 2.75) is 26.3 Å². The third-order valence-electron chi connectivity index (χ3n) is 4.48. The molecule has 1 heterocycles. The number of carbonyl (C=O) groups excluding carboxylic acids is 2. The summed E-state index contributed by atoms with van der Waals surface area (Å²) in [4.78, 5) is 26.3. The third kappa shape index (κ3) is 3.53. The maximum atomic E-state index is 12.8. The third-order valence-corrected chi connectivity index (χ3v) is 4.73. The highest BCUT2D eigenvalue weighted by molar-refractivity contribution is 6.30. The van der Waals surface area contributed by atoms with Gasteiger partial charge in [0.25, 0.3) is 5.91 Å². The summed E-state index contributed by atoms with van der Waals surface area (Å²) in [5, 5.41) is 3.35. The molecule has 1 aliphatic heterocycles. The van der Waals surface area contributed by atoms with Gasteiger partial charge in [0.15, 0.2) is 0 Å². The zero-order valence-electron chi connectivity index (χ0n) is 15.0. The average Bonchev–Trinajstić information content (AvgIpc) is 2.78. The summed E-state index contributed by atoms with van der Waals surface area (Å²) < 4.78 is 5.72. The quantitative estimate of drug-likeness (QED) is 0.812. The molecule has 1 N–H and O–H groups in total. The summed E-state index contributed by atoms with van der Waals surface area (Å²) in [6, 6.07) is 12.4. The minimum Gasteiger partial charge on any atom is -0.492 e. The van der Waals surface area contributed by atoms with Gasteiger partial charge in [0.1, 0.15) is 17.9 Å². The number of carbonyl (C=O) groups is 2. The van der Waals surface area contributed by atoms with Gasteiger partial charge in [-0.15, -0.1) is 0 Å². The van der Waals surface area contributed by atoms with Crippen LogP contribution in [0.25, 0.3) is 0 Å². The number of hydrogen-bond acceptors (Lipinski definition) is 3. The van der Waals surface area contributed by atoms with Crippen molar-refractivity contribution in [1.29, 1.82) is 0 Å². The lowest BCUT2D eigenvalue weighted by Crippen LogP contribution is -2.41. The molecule has 3 rings (SSSR count). The Bertz CT molecular complexity index is 830. The fourth-order valence-electron chi connectivity index (χ4n) is 3.15. The molecule has 3 amide bonds. The molecule has 0 radical (unpaired) electrons. The van der Waals surface area contributed by atoms with Crippen LogP contribution in [0.1, 0.15) is 23.6 Å². The topological polar surface area (TPSA) is 58.6 Å². The normalized spacial score (nSPS) is 19.6. The molecule has 1 fully saturated rings. The van der Waals surface area contributed by atoms with E-state index in [1.165, 1.54) is 4.90 Å². The van der Waals surface area contributed by atoms with Crippen LogP contribution >= 0.6 is 11.6 Å². The van der Waals surface area contributed by atoms with Crippen molar-refractivity contribution >= 4 is 23.5 Å². The first-order chi connectivity index (χ1) is 12.3. The molecule has 0 saturated carbocycles. The zero-order valence-corrected chi connectivity index (χ0v) is 15.8. The predicted octanol–water partition coefficient (Wildman–Crippen LogP) is 3.80. The Kier molecular flexibility index (Phi) is 4.92. The lowest BCUT2D eigenvalue weighted by atomic mass is 9.92. The average molecular weight is 373 g/mol. The Morgan fingerprint density at radius 2 is 1.69 bits per heavy atom. The number of halogens is 1. The Labute approximate surface area is 157 Å². The molecular weight excluding hydrogens is 352 g/mol. The van der Waals surface area contributed by atoms with Crippen LogP contribution in [0.2, 0.25) is 5.02 Å². The second-order valence-electron chi connectivity index (χ2n) is 6.69. The van der Waals surface area contributed by atoms with E-state index in [1.54, 1.807) is 31.2 Å². The molecule has 1 atom stereocenters. The minimum absolute atomic E-state index is 0.181. The number of imide groups is 1. The van der Waals surface area contributed by atoms with E-state index in [4.69, 9.17) is 16.3 Å². The zero-order chi connectivity index (χ0) is 18.9. The molecular formula is C20H21ClN2O3. The molecule has 6 heteroatoms. The van der Waals surface area contributed by atoms with Gasteiger partial charge in [0, 0.05) is 5.02 Å². The summed E-state index contributed by atoms with van der Waals surface area (Å²) in [6.45, 7) is 6.10. The summed E-state index contributed by atoms with van der Waals surface area (Å²) in [5.41, 5.74) is 1.80. The molecule has 0 spiro atoms. The highest BCUT2D eigenvalue weighted by atomic mass is 35.5. The number of amides is 3. The number of ether oxygens (including phenoxy) is 1. The van der Waals surface area contributed by atoms with Crippen LogP contribution in [0.5, 0.6) is 5.75 Å². The van der Waals surface area contributed by atoms with Crippen molar-refractivity contribution in [3.05, 3.63) is 64.2 Å². The number of benzene rings is 2. The lowest BCUT2D eigenvalue weighted by molar-refractivity contribution is -0.131. The molecule has 5 nitrogen and oxygen atoms in total. The Morgan fingerprint density at radius 3 is 2.31 bits per heavy atom. The van der Waals surface area contributed by atoms with E-state index in [2.05, 4.69) is 11.4 Å². The summed E-state index contributed by atoms with van der Waals surface area (Å²) in [5.74, 6) is 0.434. The molecule has 0 aliphatic carbocycles. The van der Waals surface area contributed by atoms with Crippen molar-refractivity contribution in [3.63, 3.8) is 0 Å². The Hall–Kier alpha value is -2.53. The van der Waals surface area contributed by atoms with Crippen LogP contribution in [0.15, 0.2) is 42.5 Å². The molecule has 26 heavy (non-hydrogen) atoms. The van der Waals surface area contributed by atoms with Gasteiger partial charge in [-0.05, 0) is 61.7 Å². The van der Waals surface area contributed by atoms with Crippen LogP contribution in [0, 0.1) is 13.8 Å². The highest BCUT2D eigenvalue weighted by Gasteiger charge is 2.48. The molecule has 136 valence electrons. The standard InChI is InChI=1S/C20H21ClN2O3/c1-13-10-14(2)12-17(11-13)26-9-8-23-18(24)20(3,22-19(23)25)15-4-6-16(21)7-5-15/h4-7,10-12H,8-9H2,1-3H3,(H,22,25). The van der Waals surface area contributed by atoms with E-state index in [0.717, 1.165) is 16.9 Å². The molecule has 2 aromatic carbocycles. The fraction of sp³-hybridized carbons (Fsp3) is 0.300. The number of hydrogen-bond donors (Lipinski definition) is 1. The van der Waals surface area contributed by atoms with Crippen molar-refractivity contribution in [1.82, 2.24) is 10.2 Å². The molecule has 1 saturated heterocycles. The van der Waals surface area contributed by atoms with E-state index in [-0.39, 0.29) is 19.1 Å². The van der Waals surface area contributed by atoms with Crippen LogP contribution < -0.4 is 10.1 Å². The first kappa shape index (κ1) is 18.3. The van der Waals surface area contributed by atoms with E-state index >= 15 is 0 Å². The second kappa shape index (κ2) is 7.00. The smallest absolute Gasteiger partial charge is 0.325 e. The second-order valence-corrected chi connectivity index (χ2v) is 7.13. The minimum atomic E-state index is -1.10. The number of aryl methyl sites for hydroxylation is 2. The van der Waals surface area contributed by atoms with Gasteiger partial charge in [-0.25, -0.2) is 4.79 Å². The maximum absolute atomic E-state index is 12.8. The predicted molar refractivity (Wildman–Crippen MR) is 100 cm³/mol. The van der Waals surface area contributed by atoms with E-state index in [1.807, 2.05) is 26.0 Å². The summed E-state index contributed by atoms with van der Waals surface area (Å²) >= 11 is 5.91. The molecule has 0 aromatic heterocycles. The van der Waals surface area contributed by atoms with Crippen LogP contribution in [0.4, 0.5) is 4.79 Å². The number of nitrogens with one attached hydrogen (secondary N) is 1. The maximum Gasteiger partial charge on any atom is 0.325 e. The Morgan fingerprint density at radius 1 is 1.08 bits per heavy atom. The summed E-state index contributed by atoms with van der Waals surface area (Å²) in [6.07, 6.45) is 0. The highest BCUT2D eigenvalue weighted by Crippen LogP contribution is 2.29. The summed E-state index contributed by atoms with van der Waals surface area (Å²) in [7, 11) is 0. The van der Waals surface area contributed by atoms with Crippen molar-refractivity contribution in [2.75, 3.05) is 13.2 Å². The van der Waals surface area contributed by atoms with Gasteiger partial charge in [-0.1, -0.05) is 29.8 Å². The molecule has 1 aliphatic rings. The van der Waals surface area contributed by atoms with E-state index < -0.39 is 11.6 Å². The Balaban J connectivity index is 1.68. The van der Waals surface area contributed by atoms with Gasteiger partial charge in [-0.2, -0.15) is 0 Å². The van der Waals surface area contributed by atoms with Crippen molar-refractivity contribution in [3.8, 4) is 5.75 Å². The molecule has 1 unspecified atom stereocenters. The van der Waals surface area contributed by atoms with Crippen LogP contribution in [-0.4, -0.2) is 30.0 Å². The van der Waals surface area contributed by atoms with E-state index in [0.29, 0.717) is 10.6 Å².